The van der Waals surface area contributed by atoms with E-state index in [2.05, 4.69) is 31.8 Å². The van der Waals surface area contributed by atoms with Crippen molar-refractivity contribution in [2.24, 2.45) is 0 Å². The SMILES string of the molecule is CC(C)(C)c1ccc(-c2ccc(-c3nccc(C(=O)O)c3F)cc2C#N)cc1. The van der Waals surface area contributed by atoms with Gasteiger partial charge in [-0.1, -0.05) is 57.2 Å². The number of carbonyl (C=O) groups is 1. The summed E-state index contributed by atoms with van der Waals surface area (Å²) in [4.78, 5) is 15.1. The predicted octanol–water partition coefficient (Wildman–Crippen LogP) is 5.42. The van der Waals surface area contributed by atoms with Crippen molar-refractivity contribution >= 4 is 5.97 Å². The summed E-state index contributed by atoms with van der Waals surface area (Å²) in [6.07, 6.45) is 1.24. The molecule has 4 nitrogen and oxygen atoms in total. The van der Waals surface area contributed by atoms with Gasteiger partial charge < -0.3 is 5.11 Å². The number of carboxylic acid groups (broad SMARTS) is 1. The number of carboxylic acids is 1. The fourth-order valence-corrected chi connectivity index (χ4v) is 3.00. The number of rotatable bonds is 3. The Balaban J connectivity index is 2.06. The number of aromatic carboxylic acids is 1. The molecule has 0 aliphatic rings. The minimum absolute atomic E-state index is 0.0266. The molecule has 0 saturated heterocycles. The Morgan fingerprint density at radius 3 is 2.29 bits per heavy atom. The van der Waals surface area contributed by atoms with Crippen LogP contribution in [0.3, 0.4) is 0 Å². The van der Waals surface area contributed by atoms with Crippen LogP contribution in [-0.4, -0.2) is 16.1 Å². The maximum atomic E-state index is 14.5. The van der Waals surface area contributed by atoms with Gasteiger partial charge in [-0.15, -0.1) is 0 Å². The predicted molar refractivity (Wildman–Crippen MR) is 105 cm³/mol. The van der Waals surface area contributed by atoms with E-state index in [1.807, 2.05) is 24.3 Å². The quantitative estimate of drug-likeness (QED) is 0.664. The van der Waals surface area contributed by atoms with Gasteiger partial charge in [0.05, 0.1) is 17.2 Å². The van der Waals surface area contributed by atoms with E-state index in [0.717, 1.165) is 17.2 Å². The van der Waals surface area contributed by atoms with Gasteiger partial charge in [-0.3, -0.25) is 4.98 Å². The van der Waals surface area contributed by atoms with Crippen molar-refractivity contribution in [3.05, 3.63) is 77.2 Å². The number of benzene rings is 2. The molecule has 1 heterocycles. The van der Waals surface area contributed by atoms with Crippen LogP contribution in [0.5, 0.6) is 0 Å². The van der Waals surface area contributed by atoms with Gasteiger partial charge in [0.2, 0.25) is 0 Å². The topological polar surface area (TPSA) is 74.0 Å². The molecule has 140 valence electrons. The molecule has 28 heavy (non-hydrogen) atoms. The first kappa shape index (κ1) is 19.2. The lowest BCUT2D eigenvalue weighted by Gasteiger charge is -2.19. The Bertz CT molecular complexity index is 1090. The molecule has 1 aromatic heterocycles. The molecule has 0 amide bonds. The summed E-state index contributed by atoms with van der Waals surface area (Å²) in [6.45, 7) is 6.39. The van der Waals surface area contributed by atoms with Crippen LogP contribution in [0.4, 0.5) is 4.39 Å². The summed E-state index contributed by atoms with van der Waals surface area (Å²) in [5, 5.41) is 18.7. The third-order valence-corrected chi connectivity index (χ3v) is 4.60. The first-order valence-corrected chi connectivity index (χ1v) is 8.75. The lowest BCUT2D eigenvalue weighted by atomic mass is 9.86. The average Bonchev–Trinajstić information content (AvgIpc) is 2.67. The molecule has 0 unspecified atom stereocenters. The molecular weight excluding hydrogens is 355 g/mol. The smallest absolute Gasteiger partial charge is 0.338 e. The Hall–Kier alpha value is -3.52. The van der Waals surface area contributed by atoms with Crippen LogP contribution in [0.2, 0.25) is 0 Å². The summed E-state index contributed by atoms with van der Waals surface area (Å²) in [5.41, 5.74) is 2.98. The van der Waals surface area contributed by atoms with Gasteiger partial charge in [0.15, 0.2) is 5.82 Å². The van der Waals surface area contributed by atoms with Crippen molar-refractivity contribution in [2.75, 3.05) is 0 Å². The highest BCUT2D eigenvalue weighted by Crippen LogP contribution is 2.31. The van der Waals surface area contributed by atoms with E-state index in [9.17, 15) is 14.4 Å². The van der Waals surface area contributed by atoms with Crippen LogP contribution in [-0.2, 0) is 5.41 Å². The van der Waals surface area contributed by atoms with Crippen molar-refractivity contribution in [3.8, 4) is 28.5 Å². The van der Waals surface area contributed by atoms with Crippen molar-refractivity contribution < 1.29 is 14.3 Å². The normalized spacial score (nSPS) is 11.1. The van der Waals surface area contributed by atoms with Crippen LogP contribution in [0.25, 0.3) is 22.4 Å². The zero-order valence-electron chi connectivity index (χ0n) is 15.8. The molecule has 3 aromatic rings. The second-order valence-corrected chi connectivity index (χ2v) is 7.53. The van der Waals surface area contributed by atoms with Crippen molar-refractivity contribution in [2.45, 2.75) is 26.2 Å². The molecule has 3 rings (SSSR count). The van der Waals surface area contributed by atoms with Gasteiger partial charge in [0.25, 0.3) is 0 Å². The summed E-state index contributed by atoms with van der Waals surface area (Å²) in [7, 11) is 0. The van der Waals surface area contributed by atoms with E-state index in [4.69, 9.17) is 5.11 Å². The number of hydrogen-bond acceptors (Lipinski definition) is 3. The van der Waals surface area contributed by atoms with Gasteiger partial charge in [-0.25, -0.2) is 9.18 Å². The molecular formula is C23H19FN2O2. The van der Waals surface area contributed by atoms with Gasteiger partial charge >= 0.3 is 5.97 Å². The fraction of sp³-hybridized carbons (Fsp3) is 0.174. The molecule has 1 N–H and O–H groups in total. The zero-order valence-corrected chi connectivity index (χ0v) is 15.8. The molecule has 0 saturated carbocycles. The molecule has 0 atom stereocenters. The highest BCUT2D eigenvalue weighted by Gasteiger charge is 2.18. The van der Waals surface area contributed by atoms with Crippen LogP contribution < -0.4 is 0 Å². The molecule has 0 aliphatic carbocycles. The lowest BCUT2D eigenvalue weighted by molar-refractivity contribution is 0.0692. The minimum Gasteiger partial charge on any atom is -0.478 e. The standard InChI is InChI=1S/C23H19FN2O2/c1-23(2,3)17-7-4-14(5-8-17)18-9-6-15(12-16(18)13-25)21-20(24)19(22(27)28)10-11-26-21/h4-12H,1-3H3,(H,27,28). The molecule has 0 aliphatic heterocycles. The summed E-state index contributed by atoms with van der Waals surface area (Å²) in [5.74, 6) is -2.28. The Kier molecular flexibility index (Phi) is 4.98. The average molecular weight is 374 g/mol. The maximum absolute atomic E-state index is 14.5. The van der Waals surface area contributed by atoms with E-state index in [1.165, 1.54) is 17.8 Å². The Labute approximate surface area is 162 Å². The van der Waals surface area contributed by atoms with Gasteiger partial charge in [0.1, 0.15) is 5.69 Å². The van der Waals surface area contributed by atoms with Crippen molar-refractivity contribution in [1.82, 2.24) is 4.98 Å². The van der Waals surface area contributed by atoms with E-state index < -0.39 is 17.3 Å². The van der Waals surface area contributed by atoms with Crippen LogP contribution >= 0.6 is 0 Å². The van der Waals surface area contributed by atoms with E-state index in [1.54, 1.807) is 12.1 Å². The molecule has 5 heteroatoms. The summed E-state index contributed by atoms with van der Waals surface area (Å²) < 4.78 is 14.5. The number of nitrogens with zero attached hydrogens (tertiary/aromatic N) is 2. The van der Waals surface area contributed by atoms with Gasteiger partial charge in [0, 0.05) is 11.8 Å². The number of aromatic nitrogens is 1. The first-order valence-electron chi connectivity index (χ1n) is 8.75. The second-order valence-electron chi connectivity index (χ2n) is 7.53. The first-order chi connectivity index (χ1) is 13.2. The molecule has 0 radical (unpaired) electrons. The lowest BCUT2D eigenvalue weighted by Crippen LogP contribution is -2.10. The number of nitriles is 1. The highest BCUT2D eigenvalue weighted by molar-refractivity contribution is 5.89. The third-order valence-electron chi connectivity index (χ3n) is 4.60. The fourth-order valence-electron chi connectivity index (χ4n) is 3.00. The Morgan fingerprint density at radius 1 is 1.07 bits per heavy atom. The number of hydrogen-bond donors (Lipinski definition) is 1. The van der Waals surface area contributed by atoms with Crippen LogP contribution in [0, 0.1) is 17.1 Å². The largest absolute Gasteiger partial charge is 0.478 e. The summed E-state index contributed by atoms with van der Waals surface area (Å²) in [6, 6.07) is 16.1. The monoisotopic (exact) mass is 374 g/mol. The summed E-state index contributed by atoms with van der Waals surface area (Å²) >= 11 is 0. The Morgan fingerprint density at radius 2 is 1.71 bits per heavy atom. The van der Waals surface area contributed by atoms with Gasteiger partial charge in [-0.2, -0.15) is 5.26 Å². The van der Waals surface area contributed by atoms with Crippen LogP contribution in [0.15, 0.2) is 54.7 Å². The molecule has 2 aromatic carbocycles. The van der Waals surface area contributed by atoms with Crippen molar-refractivity contribution in [1.29, 1.82) is 5.26 Å². The molecule has 0 fully saturated rings. The molecule has 0 spiro atoms. The maximum Gasteiger partial charge on any atom is 0.338 e. The highest BCUT2D eigenvalue weighted by atomic mass is 19.1. The van der Waals surface area contributed by atoms with Crippen molar-refractivity contribution in [3.63, 3.8) is 0 Å². The zero-order chi connectivity index (χ0) is 20.5. The van der Waals surface area contributed by atoms with E-state index in [-0.39, 0.29) is 11.1 Å². The van der Waals surface area contributed by atoms with E-state index >= 15 is 0 Å². The van der Waals surface area contributed by atoms with E-state index in [0.29, 0.717) is 11.1 Å². The molecule has 0 bridgehead atoms. The minimum atomic E-state index is -1.36. The third kappa shape index (κ3) is 3.63. The number of pyridine rings is 1. The van der Waals surface area contributed by atoms with Crippen LogP contribution in [0.1, 0.15) is 42.3 Å². The second kappa shape index (κ2) is 7.24. The number of halogens is 1. The van der Waals surface area contributed by atoms with Gasteiger partial charge in [-0.05, 0) is 34.2 Å².